The van der Waals surface area contributed by atoms with Crippen LogP contribution in [0.3, 0.4) is 0 Å². The van der Waals surface area contributed by atoms with E-state index in [1.807, 2.05) is 19.2 Å². The van der Waals surface area contributed by atoms with Crippen LogP contribution in [0, 0.1) is 0 Å². The van der Waals surface area contributed by atoms with Crippen molar-refractivity contribution < 1.29 is 9.47 Å². The molecule has 1 aliphatic rings. The van der Waals surface area contributed by atoms with E-state index in [4.69, 9.17) is 9.47 Å². The van der Waals surface area contributed by atoms with Crippen LogP contribution >= 0.6 is 15.9 Å². The molecule has 1 atom stereocenters. The van der Waals surface area contributed by atoms with Gasteiger partial charge in [0.15, 0.2) is 0 Å². The van der Waals surface area contributed by atoms with Crippen LogP contribution in [0.2, 0.25) is 0 Å². The molecule has 1 aromatic carbocycles. The second kappa shape index (κ2) is 7.61. The molecule has 2 rings (SSSR count). The van der Waals surface area contributed by atoms with Crippen molar-refractivity contribution in [3.8, 4) is 5.75 Å². The summed E-state index contributed by atoms with van der Waals surface area (Å²) >= 11 is 3.56. The van der Waals surface area contributed by atoms with E-state index in [0.29, 0.717) is 6.04 Å². The van der Waals surface area contributed by atoms with Crippen molar-refractivity contribution in [2.24, 2.45) is 0 Å². The highest BCUT2D eigenvalue weighted by Crippen LogP contribution is 2.38. The average molecular weight is 356 g/mol. The standard InChI is InChI=1S/C17H26BrNO2/c1-4-21-17(9-5-6-10-17)16(19-2)12-13-11-14(18)7-8-15(13)20-3/h7-8,11,16,19H,4-6,9-10,12H2,1-3H3. The Morgan fingerprint density at radius 3 is 2.62 bits per heavy atom. The van der Waals surface area contributed by atoms with Crippen molar-refractivity contribution >= 4 is 15.9 Å². The molecular weight excluding hydrogens is 330 g/mol. The zero-order valence-corrected chi connectivity index (χ0v) is 14.8. The Labute approximate surface area is 136 Å². The van der Waals surface area contributed by atoms with Crippen molar-refractivity contribution in [1.29, 1.82) is 0 Å². The fourth-order valence-corrected chi connectivity index (χ4v) is 3.94. The minimum absolute atomic E-state index is 0.0309. The summed E-state index contributed by atoms with van der Waals surface area (Å²) < 4.78 is 12.8. The topological polar surface area (TPSA) is 30.5 Å². The lowest BCUT2D eigenvalue weighted by Crippen LogP contribution is -2.51. The number of halogens is 1. The van der Waals surface area contributed by atoms with Gasteiger partial charge >= 0.3 is 0 Å². The van der Waals surface area contributed by atoms with E-state index < -0.39 is 0 Å². The number of rotatable bonds is 7. The Kier molecular flexibility index (Phi) is 6.08. The van der Waals surface area contributed by atoms with Gasteiger partial charge in [0.25, 0.3) is 0 Å². The normalized spacial score (nSPS) is 18.7. The Morgan fingerprint density at radius 1 is 1.33 bits per heavy atom. The first-order chi connectivity index (χ1) is 10.1. The SMILES string of the molecule is CCOC1(C(Cc2cc(Br)ccc2OC)NC)CCCC1. The third-order valence-corrected chi connectivity index (χ3v) is 5.02. The van der Waals surface area contributed by atoms with Gasteiger partial charge in [0, 0.05) is 17.1 Å². The Balaban J connectivity index is 2.24. The number of ether oxygens (including phenoxy) is 2. The lowest BCUT2D eigenvalue weighted by atomic mass is 9.87. The summed E-state index contributed by atoms with van der Waals surface area (Å²) in [5.74, 6) is 0.947. The molecule has 1 saturated carbocycles. The molecule has 0 heterocycles. The van der Waals surface area contributed by atoms with Crippen LogP contribution in [0.1, 0.15) is 38.2 Å². The lowest BCUT2D eigenvalue weighted by Gasteiger charge is -2.37. The van der Waals surface area contributed by atoms with Crippen LogP contribution in [0.5, 0.6) is 5.75 Å². The van der Waals surface area contributed by atoms with Crippen molar-refractivity contribution in [3.05, 3.63) is 28.2 Å². The van der Waals surface area contributed by atoms with Crippen molar-refractivity contribution in [2.45, 2.75) is 50.7 Å². The summed E-state index contributed by atoms with van der Waals surface area (Å²) in [4.78, 5) is 0. The molecule has 1 fully saturated rings. The second-order valence-electron chi connectivity index (χ2n) is 5.71. The maximum atomic E-state index is 6.20. The predicted octanol–water partition coefficient (Wildman–Crippen LogP) is 3.94. The molecular formula is C17H26BrNO2. The molecule has 1 aliphatic carbocycles. The van der Waals surface area contributed by atoms with Gasteiger partial charge in [0.05, 0.1) is 12.7 Å². The van der Waals surface area contributed by atoms with Gasteiger partial charge in [0.1, 0.15) is 5.75 Å². The zero-order valence-electron chi connectivity index (χ0n) is 13.2. The second-order valence-corrected chi connectivity index (χ2v) is 6.62. The Hall–Kier alpha value is -0.580. The maximum Gasteiger partial charge on any atom is 0.122 e. The highest BCUT2D eigenvalue weighted by atomic mass is 79.9. The van der Waals surface area contributed by atoms with E-state index in [1.165, 1.54) is 18.4 Å². The first-order valence-electron chi connectivity index (χ1n) is 7.79. The third kappa shape index (κ3) is 3.79. The lowest BCUT2D eigenvalue weighted by molar-refractivity contribution is -0.0597. The fourth-order valence-electron chi connectivity index (χ4n) is 3.53. The van der Waals surface area contributed by atoms with Gasteiger partial charge < -0.3 is 14.8 Å². The van der Waals surface area contributed by atoms with Gasteiger partial charge in [-0.3, -0.25) is 0 Å². The van der Waals surface area contributed by atoms with E-state index in [1.54, 1.807) is 7.11 Å². The Morgan fingerprint density at radius 2 is 2.05 bits per heavy atom. The van der Waals surface area contributed by atoms with Gasteiger partial charge in [0.2, 0.25) is 0 Å². The molecule has 0 aliphatic heterocycles. The molecule has 0 aromatic heterocycles. The molecule has 4 heteroatoms. The summed E-state index contributed by atoms with van der Waals surface area (Å²) in [6.07, 6.45) is 5.71. The summed E-state index contributed by atoms with van der Waals surface area (Å²) in [7, 11) is 3.77. The molecule has 1 N–H and O–H groups in total. The van der Waals surface area contributed by atoms with E-state index in [-0.39, 0.29) is 5.60 Å². The number of nitrogens with one attached hydrogen (secondary N) is 1. The predicted molar refractivity (Wildman–Crippen MR) is 90.1 cm³/mol. The summed E-state index contributed by atoms with van der Waals surface area (Å²) in [6, 6.07) is 6.50. The molecule has 21 heavy (non-hydrogen) atoms. The van der Waals surface area contributed by atoms with Crippen LogP contribution in [-0.4, -0.2) is 32.4 Å². The number of likely N-dealkylation sites (N-methyl/N-ethyl adjacent to an activating group) is 1. The van der Waals surface area contributed by atoms with Gasteiger partial charge in [-0.25, -0.2) is 0 Å². The largest absolute Gasteiger partial charge is 0.496 e. The molecule has 0 bridgehead atoms. The van der Waals surface area contributed by atoms with Crippen LogP contribution in [-0.2, 0) is 11.2 Å². The van der Waals surface area contributed by atoms with Crippen molar-refractivity contribution in [3.63, 3.8) is 0 Å². The molecule has 0 saturated heterocycles. The van der Waals surface area contributed by atoms with E-state index in [9.17, 15) is 0 Å². The molecule has 0 spiro atoms. The smallest absolute Gasteiger partial charge is 0.122 e. The van der Waals surface area contributed by atoms with Crippen LogP contribution in [0.25, 0.3) is 0 Å². The highest BCUT2D eigenvalue weighted by Gasteiger charge is 2.41. The quantitative estimate of drug-likeness (QED) is 0.803. The van der Waals surface area contributed by atoms with Gasteiger partial charge in [-0.05, 0) is 57.0 Å². The van der Waals surface area contributed by atoms with E-state index >= 15 is 0 Å². The first-order valence-corrected chi connectivity index (χ1v) is 8.58. The first kappa shape index (κ1) is 16.8. The number of methoxy groups -OCH3 is 1. The highest BCUT2D eigenvalue weighted by molar-refractivity contribution is 9.10. The summed E-state index contributed by atoms with van der Waals surface area (Å²) in [5, 5.41) is 3.49. The third-order valence-electron chi connectivity index (χ3n) is 4.53. The molecule has 1 unspecified atom stereocenters. The van der Waals surface area contributed by atoms with Crippen LogP contribution in [0.4, 0.5) is 0 Å². The molecule has 3 nitrogen and oxygen atoms in total. The van der Waals surface area contributed by atoms with Crippen LogP contribution in [0.15, 0.2) is 22.7 Å². The zero-order chi connectivity index (χ0) is 15.3. The van der Waals surface area contributed by atoms with Gasteiger partial charge in [-0.15, -0.1) is 0 Å². The monoisotopic (exact) mass is 355 g/mol. The molecule has 1 aromatic rings. The maximum absolute atomic E-state index is 6.20. The molecule has 0 radical (unpaired) electrons. The number of hydrogen-bond acceptors (Lipinski definition) is 3. The van der Waals surface area contributed by atoms with Crippen LogP contribution < -0.4 is 10.1 Å². The van der Waals surface area contributed by atoms with E-state index in [0.717, 1.165) is 36.1 Å². The minimum atomic E-state index is -0.0309. The summed E-state index contributed by atoms with van der Waals surface area (Å²) in [6.45, 7) is 2.86. The minimum Gasteiger partial charge on any atom is -0.496 e. The average Bonchev–Trinajstić information content (AvgIpc) is 2.95. The molecule has 118 valence electrons. The summed E-state index contributed by atoms with van der Waals surface area (Å²) in [5.41, 5.74) is 1.19. The van der Waals surface area contributed by atoms with Crippen molar-refractivity contribution in [1.82, 2.24) is 5.32 Å². The number of benzene rings is 1. The fraction of sp³-hybridized carbons (Fsp3) is 0.647. The number of hydrogen-bond donors (Lipinski definition) is 1. The Bertz CT molecular complexity index is 458. The van der Waals surface area contributed by atoms with Gasteiger partial charge in [-0.1, -0.05) is 28.8 Å². The van der Waals surface area contributed by atoms with Gasteiger partial charge in [-0.2, -0.15) is 0 Å². The van der Waals surface area contributed by atoms with Crippen molar-refractivity contribution in [2.75, 3.05) is 20.8 Å². The van der Waals surface area contributed by atoms with E-state index in [2.05, 4.69) is 34.2 Å². The molecule has 0 amide bonds.